The van der Waals surface area contributed by atoms with Crippen LogP contribution in [0.1, 0.15) is 0 Å². The largest absolute Gasteiger partial charge is 0.322 e. The first kappa shape index (κ1) is 11.7. The molecular formula is C10H6BrFIN3. The Balaban J connectivity index is 2.23. The van der Waals surface area contributed by atoms with Gasteiger partial charge in [0, 0.05) is 20.4 Å². The van der Waals surface area contributed by atoms with Crippen LogP contribution in [0.4, 0.5) is 16.0 Å². The summed E-state index contributed by atoms with van der Waals surface area (Å²) in [5.41, 5.74) is 0.351. The zero-order chi connectivity index (χ0) is 11.5. The molecule has 16 heavy (non-hydrogen) atoms. The lowest BCUT2D eigenvalue weighted by molar-refractivity contribution is 0.631. The second-order valence-electron chi connectivity index (χ2n) is 2.97. The molecule has 2 aromatic rings. The molecule has 0 bridgehead atoms. The molecule has 0 unspecified atom stereocenters. The average Bonchev–Trinajstić information content (AvgIpc) is 2.25. The number of hydrogen-bond acceptors (Lipinski definition) is 3. The minimum Gasteiger partial charge on any atom is -0.322 e. The van der Waals surface area contributed by atoms with E-state index >= 15 is 0 Å². The first-order valence-corrected chi connectivity index (χ1v) is 6.22. The third kappa shape index (κ3) is 2.88. The Morgan fingerprint density at radius 1 is 1.25 bits per heavy atom. The Kier molecular flexibility index (Phi) is 3.70. The molecule has 82 valence electrons. The van der Waals surface area contributed by atoms with Crippen LogP contribution in [0.25, 0.3) is 0 Å². The van der Waals surface area contributed by atoms with Crippen molar-refractivity contribution in [2.45, 2.75) is 0 Å². The number of aromatic nitrogens is 2. The van der Waals surface area contributed by atoms with Crippen molar-refractivity contribution in [2.75, 3.05) is 5.32 Å². The van der Waals surface area contributed by atoms with Gasteiger partial charge in [-0.1, -0.05) is 15.9 Å². The standard InChI is InChI=1S/C10H6BrFIN3/c11-6-1-2-9(8(12)3-6)16-10-14-4-7(13)5-15-10/h1-5H,(H,14,15,16). The van der Waals surface area contributed by atoms with Gasteiger partial charge in [-0.25, -0.2) is 14.4 Å². The van der Waals surface area contributed by atoms with Crippen LogP contribution in [0.3, 0.4) is 0 Å². The summed E-state index contributed by atoms with van der Waals surface area (Å²) in [6.07, 6.45) is 3.32. The summed E-state index contributed by atoms with van der Waals surface area (Å²) in [4.78, 5) is 8.06. The van der Waals surface area contributed by atoms with E-state index in [2.05, 4.69) is 53.8 Å². The predicted octanol–water partition coefficient (Wildman–Crippen LogP) is 3.73. The molecule has 2 rings (SSSR count). The maximum atomic E-state index is 13.5. The van der Waals surface area contributed by atoms with Crippen molar-refractivity contribution < 1.29 is 4.39 Å². The van der Waals surface area contributed by atoms with Crippen LogP contribution in [0, 0.1) is 9.39 Å². The summed E-state index contributed by atoms with van der Waals surface area (Å²) in [5.74, 6) is 0.0261. The van der Waals surface area contributed by atoms with Crippen LogP contribution in [-0.2, 0) is 0 Å². The van der Waals surface area contributed by atoms with Crippen molar-refractivity contribution in [3.8, 4) is 0 Å². The topological polar surface area (TPSA) is 37.8 Å². The highest BCUT2D eigenvalue weighted by atomic mass is 127. The Bertz CT molecular complexity index is 504. The minimum absolute atomic E-state index is 0.350. The molecule has 1 aromatic carbocycles. The molecule has 0 saturated carbocycles. The van der Waals surface area contributed by atoms with Crippen molar-refractivity contribution >= 4 is 50.2 Å². The summed E-state index contributed by atoms with van der Waals surface area (Å²) in [5, 5.41) is 2.81. The summed E-state index contributed by atoms with van der Waals surface area (Å²) in [6, 6.07) is 4.76. The fraction of sp³-hybridized carbons (Fsp3) is 0. The van der Waals surface area contributed by atoms with Gasteiger partial charge < -0.3 is 5.32 Å². The molecule has 0 fully saturated rings. The van der Waals surface area contributed by atoms with Gasteiger partial charge in [-0.2, -0.15) is 0 Å². The normalized spacial score (nSPS) is 10.2. The molecule has 0 amide bonds. The first-order chi connectivity index (χ1) is 7.65. The lowest BCUT2D eigenvalue weighted by Gasteiger charge is -2.05. The van der Waals surface area contributed by atoms with Gasteiger partial charge in [0.2, 0.25) is 5.95 Å². The zero-order valence-corrected chi connectivity index (χ0v) is 11.7. The smallest absolute Gasteiger partial charge is 0.227 e. The molecular weight excluding hydrogens is 388 g/mol. The van der Waals surface area contributed by atoms with E-state index in [-0.39, 0.29) is 5.82 Å². The van der Waals surface area contributed by atoms with Gasteiger partial charge in [0.25, 0.3) is 0 Å². The molecule has 0 saturated heterocycles. The quantitative estimate of drug-likeness (QED) is 0.790. The van der Waals surface area contributed by atoms with Crippen LogP contribution in [0.5, 0.6) is 0 Å². The van der Waals surface area contributed by atoms with E-state index < -0.39 is 0 Å². The predicted molar refractivity (Wildman–Crippen MR) is 72.1 cm³/mol. The first-order valence-electron chi connectivity index (χ1n) is 4.35. The molecule has 1 aromatic heterocycles. The highest BCUT2D eigenvalue weighted by molar-refractivity contribution is 14.1. The third-order valence-electron chi connectivity index (χ3n) is 1.80. The molecule has 0 radical (unpaired) electrons. The monoisotopic (exact) mass is 393 g/mol. The SMILES string of the molecule is Fc1cc(Br)ccc1Nc1ncc(I)cn1. The molecule has 6 heteroatoms. The van der Waals surface area contributed by atoms with E-state index in [4.69, 9.17) is 0 Å². The fourth-order valence-electron chi connectivity index (χ4n) is 1.09. The number of anilines is 2. The molecule has 1 N–H and O–H groups in total. The van der Waals surface area contributed by atoms with Crippen molar-refractivity contribution in [3.05, 3.63) is 44.5 Å². The van der Waals surface area contributed by atoms with E-state index in [1.807, 2.05) is 0 Å². The Labute approximate surface area is 114 Å². The van der Waals surface area contributed by atoms with E-state index in [0.29, 0.717) is 16.1 Å². The summed E-state index contributed by atoms with van der Waals surface area (Å²) in [7, 11) is 0. The number of halogens is 3. The van der Waals surface area contributed by atoms with Crippen LogP contribution < -0.4 is 5.32 Å². The molecule has 0 atom stereocenters. The van der Waals surface area contributed by atoms with E-state index in [9.17, 15) is 4.39 Å². The van der Waals surface area contributed by atoms with Crippen LogP contribution in [0.2, 0.25) is 0 Å². The Morgan fingerprint density at radius 3 is 2.56 bits per heavy atom. The van der Waals surface area contributed by atoms with Gasteiger partial charge in [-0.3, -0.25) is 0 Å². The number of rotatable bonds is 2. The van der Waals surface area contributed by atoms with E-state index in [0.717, 1.165) is 3.57 Å². The van der Waals surface area contributed by atoms with Gasteiger partial charge >= 0.3 is 0 Å². The van der Waals surface area contributed by atoms with Crippen LogP contribution in [-0.4, -0.2) is 9.97 Å². The van der Waals surface area contributed by atoms with Crippen molar-refractivity contribution in [1.82, 2.24) is 9.97 Å². The zero-order valence-electron chi connectivity index (χ0n) is 7.92. The van der Waals surface area contributed by atoms with Crippen LogP contribution in [0.15, 0.2) is 35.1 Å². The Morgan fingerprint density at radius 2 is 1.94 bits per heavy atom. The molecule has 1 heterocycles. The molecule has 0 aliphatic heterocycles. The second-order valence-corrected chi connectivity index (χ2v) is 5.14. The number of nitrogens with zero attached hydrogens (tertiary/aromatic N) is 2. The van der Waals surface area contributed by atoms with E-state index in [1.165, 1.54) is 6.07 Å². The lowest BCUT2D eigenvalue weighted by atomic mass is 10.3. The molecule has 0 aliphatic rings. The number of nitrogens with one attached hydrogen (secondary N) is 1. The Hall–Kier alpha value is -0.760. The molecule has 0 spiro atoms. The highest BCUT2D eigenvalue weighted by Gasteiger charge is 2.04. The van der Waals surface area contributed by atoms with Gasteiger partial charge in [-0.15, -0.1) is 0 Å². The summed E-state index contributed by atoms with van der Waals surface area (Å²) in [6.45, 7) is 0. The third-order valence-corrected chi connectivity index (χ3v) is 2.85. The highest BCUT2D eigenvalue weighted by Crippen LogP contribution is 2.21. The van der Waals surface area contributed by atoms with Gasteiger partial charge in [-0.05, 0) is 40.8 Å². The number of benzene rings is 1. The van der Waals surface area contributed by atoms with Gasteiger partial charge in [0.15, 0.2) is 0 Å². The van der Waals surface area contributed by atoms with Crippen molar-refractivity contribution in [3.63, 3.8) is 0 Å². The van der Waals surface area contributed by atoms with Gasteiger partial charge in [0.05, 0.1) is 5.69 Å². The molecule has 0 aliphatic carbocycles. The summed E-state index contributed by atoms with van der Waals surface area (Å²) < 4.78 is 15.1. The van der Waals surface area contributed by atoms with Crippen LogP contribution >= 0.6 is 38.5 Å². The maximum Gasteiger partial charge on any atom is 0.227 e. The van der Waals surface area contributed by atoms with Crippen molar-refractivity contribution in [1.29, 1.82) is 0 Å². The summed E-state index contributed by atoms with van der Waals surface area (Å²) >= 11 is 5.30. The molecule has 3 nitrogen and oxygen atoms in total. The minimum atomic E-state index is -0.350. The maximum absolute atomic E-state index is 13.5. The average molecular weight is 394 g/mol. The lowest BCUT2D eigenvalue weighted by Crippen LogP contribution is -1.98. The fourth-order valence-corrected chi connectivity index (χ4v) is 1.70. The van der Waals surface area contributed by atoms with E-state index in [1.54, 1.807) is 24.5 Å². The second kappa shape index (κ2) is 5.05. The number of hydrogen-bond donors (Lipinski definition) is 1. The van der Waals surface area contributed by atoms with Crippen molar-refractivity contribution in [2.24, 2.45) is 0 Å². The van der Waals surface area contributed by atoms with Gasteiger partial charge in [0.1, 0.15) is 5.82 Å².